The van der Waals surface area contributed by atoms with E-state index in [4.69, 9.17) is 11.6 Å². The Hall–Kier alpha value is -1.19. The van der Waals surface area contributed by atoms with Crippen LogP contribution in [0.3, 0.4) is 0 Å². The van der Waals surface area contributed by atoms with E-state index in [2.05, 4.69) is 21.2 Å². The summed E-state index contributed by atoms with van der Waals surface area (Å²) >= 11 is 9.58. The maximum atomic E-state index is 9.91. The van der Waals surface area contributed by atoms with Crippen LogP contribution >= 0.6 is 27.5 Å². The lowest BCUT2D eigenvalue weighted by Crippen LogP contribution is -2.02. The highest BCUT2D eigenvalue weighted by molar-refractivity contribution is 9.10. The molecule has 0 saturated heterocycles. The van der Waals surface area contributed by atoms with E-state index in [1.165, 1.54) is 0 Å². The van der Waals surface area contributed by atoms with Gasteiger partial charge in [0.2, 0.25) is 0 Å². The molecule has 0 radical (unpaired) electrons. The molecule has 0 atom stereocenters. The summed E-state index contributed by atoms with van der Waals surface area (Å²) in [6, 6.07) is 9.62. The molecule has 0 fully saturated rings. The normalized spacial score (nSPS) is 10.5. The van der Waals surface area contributed by atoms with Crippen molar-refractivity contribution in [2.75, 3.05) is 5.32 Å². The molecule has 2 rings (SSSR count). The summed E-state index contributed by atoms with van der Waals surface area (Å²) in [4.78, 5) is 0. The van der Waals surface area contributed by atoms with Crippen molar-refractivity contribution in [2.24, 2.45) is 0 Å². The molecular weight excluding hydrogens is 326 g/mol. The lowest BCUT2D eigenvalue weighted by atomic mass is 10.1. The SMILES string of the molecule is Cc1ccc(NCc2cc(Br)ccc2Cl)c(C)c1O. The van der Waals surface area contributed by atoms with E-state index in [1.54, 1.807) is 0 Å². The number of hydrogen-bond acceptors (Lipinski definition) is 2. The zero-order chi connectivity index (χ0) is 14.0. The van der Waals surface area contributed by atoms with Crippen molar-refractivity contribution in [1.82, 2.24) is 0 Å². The summed E-state index contributed by atoms with van der Waals surface area (Å²) in [5, 5.41) is 13.9. The lowest BCUT2D eigenvalue weighted by molar-refractivity contribution is 0.467. The van der Waals surface area contributed by atoms with Gasteiger partial charge in [0.25, 0.3) is 0 Å². The molecule has 0 saturated carbocycles. The molecule has 0 spiro atoms. The van der Waals surface area contributed by atoms with E-state index >= 15 is 0 Å². The quantitative estimate of drug-likeness (QED) is 0.820. The van der Waals surface area contributed by atoms with Crippen molar-refractivity contribution >= 4 is 33.2 Å². The molecule has 19 heavy (non-hydrogen) atoms. The molecule has 0 aliphatic carbocycles. The number of halogens is 2. The van der Waals surface area contributed by atoms with Crippen LogP contribution in [0.1, 0.15) is 16.7 Å². The highest BCUT2D eigenvalue weighted by atomic mass is 79.9. The molecule has 2 aromatic carbocycles. The van der Waals surface area contributed by atoms with Gasteiger partial charge in [0, 0.05) is 27.3 Å². The van der Waals surface area contributed by atoms with Crippen molar-refractivity contribution in [3.8, 4) is 5.75 Å². The van der Waals surface area contributed by atoms with Crippen molar-refractivity contribution in [3.63, 3.8) is 0 Å². The highest BCUT2D eigenvalue weighted by Gasteiger charge is 2.07. The molecule has 2 nitrogen and oxygen atoms in total. The Kier molecular flexibility index (Phi) is 4.38. The maximum absolute atomic E-state index is 9.91. The Morgan fingerprint density at radius 1 is 1.21 bits per heavy atom. The molecule has 0 bridgehead atoms. The van der Waals surface area contributed by atoms with Crippen LogP contribution in [0.4, 0.5) is 5.69 Å². The lowest BCUT2D eigenvalue weighted by Gasteiger charge is -2.13. The van der Waals surface area contributed by atoms with Crippen molar-refractivity contribution < 1.29 is 5.11 Å². The summed E-state index contributed by atoms with van der Waals surface area (Å²) in [5.41, 5.74) is 3.66. The number of aryl methyl sites for hydroxylation is 1. The molecule has 2 aromatic rings. The van der Waals surface area contributed by atoms with Crippen LogP contribution in [-0.4, -0.2) is 5.11 Å². The number of aromatic hydroxyl groups is 1. The Labute approximate surface area is 126 Å². The van der Waals surface area contributed by atoms with Gasteiger partial charge in [-0.25, -0.2) is 0 Å². The van der Waals surface area contributed by atoms with Gasteiger partial charge in [0.1, 0.15) is 5.75 Å². The van der Waals surface area contributed by atoms with Gasteiger partial charge < -0.3 is 10.4 Å². The van der Waals surface area contributed by atoms with E-state index in [-0.39, 0.29) is 0 Å². The standard InChI is InChI=1S/C15H15BrClNO/c1-9-3-6-14(10(2)15(9)19)18-8-11-7-12(16)4-5-13(11)17/h3-7,18-19H,8H2,1-2H3. The van der Waals surface area contributed by atoms with E-state index in [0.717, 1.165) is 31.9 Å². The monoisotopic (exact) mass is 339 g/mol. The molecule has 0 heterocycles. The molecule has 0 aliphatic heterocycles. The maximum Gasteiger partial charge on any atom is 0.123 e. The van der Waals surface area contributed by atoms with E-state index < -0.39 is 0 Å². The number of nitrogens with one attached hydrogen (secondary N) is 1. The summed E-state index contributed by atoms with van der Waals surface area (Å²) < 4.78 is 0.997. The summed E-state index contributed by atoms with van der Waals surface area (Å²) in [5.74, 6) is 0.338. The molecule has 100 valence electrons. The number of phenolic OH excluding ortho intramolecular Hbond substituents is 1. The third-order valence-corrected chi connectivity index (χ3v) is 3.97. The zero-order valence-corrected chi connectivity index (χ0v) is 13.1. The number of phenols is 1. The smallest absolute Gasteiger partial charge is 0.123 e. The number of hydrogen-bond donors (Lipinski definition) is 2. The van der Waals surface area contributed by atoms with E-state index in [9.17, 15) is 5.11 Å². The first-order chi connectivity index (χ1) is 8.99. The fourth-order valence-electron chi connectivity index (χ4n) is 1.90. The van der Waals surface area contributed by atoms with Crippen LogP contribution in [0.15, 0.2) is 34.8 Å². The first-order valence-corrected chi connectivity index (χ1v) is 7.13. The third kappa shape index (κ3) is 3.23. The fourth-order valence-corrected chi connectivity index (χ4v) is 2.49. The average molecular weight is 341 g/mol. The van der Waals surface area contributed by atoms with Gasteiger partial charge in [-0.15, -0.1) is 0 Å². The van der Waals surface area contributed by atoms with Crippen molar-refractivity contribution in [1.29, 1.82) is 0 Å². The van der Waals surface area contributed by atoms with E-state index in [1.807, 2.05) is 44.2 Å². The topological polar surface area (TPSA) is 32.3 Å². The summed E-state index contributed by atoms with van der Waals surface area (Å²) in [6.07, 6.45) is 0. The third-order valence-electron chi connectivity index (χ3n) is 3.11. The fraction of sp³-hybridized carbons (Fsp3) is 0.200. The van der Waals surface area contributed by atoms with Crippen molar-refractivity contribution in [2.45, 2.75) is 20.4 Å². The minimum absolute atomic E-state index is 0.338. The van der Waals surface area contributed by atoms with Crippen LogP contribution in [0.2, 0.25) is 5.02 Å². The largest absolute Gasteiger partial charge is 0.507 e. The van der Waals surface area contributed by atoms with Gasteiger partial charge in [-0.1, -0.05) is 33.6 Å². The van der Waals surface area contributed by atoms with Gasteiger partial charge in [0.05, 0.1) is 0 Å². The molecule has 0 aliphatic rings. The summed E-state index contributed by atoms with van der Waals surface area (Å²) in [6.45, 7) is 4.39. The predicted molar refractivity (Wildman–Crippen MR) is 84.1 cm³/mol. The molecule has 4 heteroatoms. The minimum Gasteiger partial charge on any atom is -0.507 e. The molecule has 0 amide bonds. The van der Waals surface area contributed by atoms with Gasteiger partial charge in [-0.3, -0.25) is 0 Å². The number of benzene rings is 2. The van der Waals surface area contributed by atoms with E-state index in [0.29, 0.717) is 12.3 Å². The highest BCUT2D eigenvalue weighted by Crippen LogP contribution is 2.29. The molecule has 2 N–H and O–H groups in total. The Morgan fingerprint density at radius 2 is 1.95 bits per heavy atom. The van der Waals surface area contributed by atoms with Crippen LogP contribution in [-0.2, 0) is 6.54 Å². The second kappa shape index (κ2) is 5.85. The van der Waals surface area contributed by atoms with Gasteiger partial charge in [-0.2, -0.15) is 0 Å². The Balaban J connectivity index is 2.19. The molecule has 0 unspecified atom stereocenters. The summed E-state index contributed by atoms with van der Waals surface area (Å²) in [7, 11) is 0. The molecular formula is C15H15BrClNO. The van der Waals surface area contributed by atoms with Crippen molar-refractivity contribution in [3.05, 3.63) is 56.5 Å². The van der Waals surface area contributed by atoms with Crippen LogP contribution in [0.25, 0.3) is 0 Å². The Morgan fingerprint density at radius 3 is 2.68 bits per heavy atom. The van der Waals surface area contributed by atoms with Crippen LogP contribution in [0.5, 0.6) is 5.75 Å². The first kappa shape index (κ1) is 14.2. The number of anilines is 1. The van der Waals surface area contributed by atoms with Crippen LogP contribution in [0, 0.1) is 13.8 Å². The van der Waals surface area contributed by atoms with Gasteiger partial charge in [0.15, 0.2) is 0 Å². The molecule has 0 aromatic heterocycles. The van der Waals surface area contributed by atoms with Gasteiger partial charge in [-0.05, 0) is 49.2 Å². The zero-order valence-electron chi connectivity index (χ0n) is 10.8. The number of rotatable bonds is 3. The van der Waals surface area contributed by atoms with Gasteiger partial charge >= 0.3 is 0 Å². The second-order valence-corrected chi connectivity index (χ2v) is 5.82. The second-order valence-electron chi connectivity index (χ2n) is 4.49. The predicted octanol–water partition coefficient (Wildman–Crippen LogP) is 5.04. The minimum atomic E-state index is 0.338. The first-order valence-electron chi connectivity index (χ1n) is 5.96. The van der Waals surface area contributed by atoms with Crippen LogP contribution < -0.4 is 5.32 Å². The average Bonchev–Trinajstić information content (AvgIpc) is 2.39. The Bertz CT molecular complexity index is 613.